The van der Waals surface area contributed by atoms with E-state index in [1.807, 2.05) is 13.8 Å². The van der Waals surface area contributed by atoms with Crippen LogP contribution >= 0.6 is 0 Å². The molecule has 0 saturated carbocycles. The Balaban J connectivity index is 0.00000576. The summed E-state index contributed by atoms with van der Waals surface area (Å²) >= 11 is 0. The van der Waals surface area contributed by atoms with Gasteiger partial charge in [-0.1, -0.05) is 32.8 Å². The van der Waals surface area contributed by atoms with Crippen LogP contribution < -0.4 is 51.4 Å². The van der Waals surface area contributed by atoms with Crippen LogP contribution in [0.2, 0.25) is 0 Å². The van der Waals surface area contributed by atoms with Crippen LogP contribution in [0.5, 0.6) is 0 Å². The molecule has 0 N–H and O–H groups in total. The van der Waals surface area contributed by atoms with Crippen LogP contribution in [0, 0.1) is 0 Å². The van der Waals surface area contributed by atoms with Crippen molar-refractivity contribution in [2.24, 2.45) is 0 Å². The summed E-state index contributed by atoms with van der Waals surface area (Å²) in [6, 6.07) is 3.59. The molecule has 0 aliphatic heterocycles. The van der Waals surface area contributed by atoms with Gasteiger partial charge in [0.05, 0.1) is 29.2 Å². The Labute approximate surface area is 190 Å². The van der Waals surface area contributed by atoms with E-state index < -0.39 is 38.1 Å². The van der Waals surface area contributed by atoms with Gasteiger partial charge in [-0.3, -0.25) is 0 Å². The molecule has 0 aliphatic rings. The number of benzene rings is 1. The molecule has 0 saturated heterocycles. The van der Waals surface area contributed by atoms with Crippen molar-refractivity contribution in [3.8, 4) is 0 Å². The molecule has 0 unspecified atom stereocenters. The number of unbranched alkanes of at least 4 members (excludes halogenated alkanes) is 2. The third-order valence-electron chi connectivity index (χ3n) is 3.17. The predicted octanol–water partition coefficient (Wildman–Crippen LogP) is -0.491. The first-order valence-corrected chi connectivity index (χ1v) is 9.16. The Morgan fingerprint density at radius 2 is 1.36 bits per heavy atom. The summed E-state index contributed by atoms with van der Waals surface area (Å²) in [7, 11) is -5.07. The standard InChI is InChI=1S/C16H22O7S.K/c1-3-5-10-22-15(17)12-8-7-9-13(14(12)24(19,20)21)16(18)23-11-6-4-2;/h7-9H,3-6,10-11H2,1-2H3,(H,19,20,21);/q;+1/p-1. The maximum absolute atomic E-state index is 12.0. The Morgan fingerprint density at radius 3 is 1.68 bits per heavy atom. The molecule has 0 bridgehead atoms. The molecule has 0 amide bonds. The van der Waals surface area contributed by atoms with Crippen molar-refractivity contribution >= 4 is 22.1 Å². The second-order valence-electron chi connectivity index (χ2n) is 5.12. The topological polar surface area (TPSA) is 110 Å². The Morgan fingerprint density at radius 1 is 0.960 bits per heavy atom. The van der Waals surface area contributed by atoms with Gasteiger partial charge in [0.15, 0.2) is 0 Å². The van der Waals surface area contributed by atoms with Gasteiger partial charge in [0.2, 0.25) is 0 Å². The van der Waals surface area contributed by atoms with E-state index in [4.69, 9.17) is 9.47 Å². The minimum Gasteiger partial charge on any atom is -0.744 e. The van der Waals surface area contributed by atoms with Crippen molar-refractivity contribution in [2.45, 2.75) is 44.4 Å². The average molecular weight is 397 g/mol. The van der Waals surface area contributed by atoms with Gasteiger partial charge in [-0.2, -0.15) is 0 Å². The van der Waals surface area contributed by atoms with Crippen molar-refractivity contribution in [2.75, 3.05) is 13.2 Å². The smallest absolute Gasteiger partial charge is 0.744 e. The van der Waals surface area contributed by atoms with Gasteiger partial charge in [0, 0.05) is 0 Å². The van der Waals surface area contributed by atoms with E-state index >= 15 is 0 Å². The van der Waals surface area contributed by atoms with Crippen molar-refractivity contribution in [1.82, 2.24) is 0 Å². The normalized spacial score (nSPS) is 10.7. The summed E-state index contributed by atoms with van der Waals surface area (Å²) in [5.41, 5.74) is -0.905. The van der Waals surface area contributed by atoms with E-state index in [9.17, 15) is 22.6 Å². The number of hydrogen-bond donors (Lipinski definition) is 0. The third kappa shape index (κ3) is 7.86. The summed E-state index contributed by atoms with van der Waals surface area (Å²) in [5.74, 6) is -1.91. The maximum atomic E-state index is 12.0. The van der Waals surface area contributed by atoms with Crippen LogP contribution in [0.1, 0.15) is 60.2 Å². The largest absolute Gasteiger partial charge is 1.00 e. The molecule has 0 spiro atoms. The van der Waals surface area contributed by atoms with Gasteiger partial charge in [0.25, 0.3) is 0 Å². The molecule has 9 heteroatoms. The number of carbonyl (C=O) groups is 2. The van der Waals surface area contributed by atoms with Gasteiger partial charge >= 0.3 is 63.3 Å². The van der Waals surface area contributed by atoms with Gasteiger partial charge < -0.3 is 14.0 Å². The fraction of sp³-hybridized carbons (Fsp3) is 0.500. The Kier molecular flexibility index (Phi) is 12.0. The number of esters is 2. The summed E-state index contributed by atoms with van der Waals surface area (Å²) in [4.78, 5) is 23.2. The minimum atomic E-state index is -5.07. The molecule has 1 aromatic rings. The summed E-state index contributed by atoms with van der Waals surface area (Å²) < 4.78 is 44.6. The molecular formula is C16H21KO7S. The fourth-order valence-electron chi connectivity index (χ4n) is 1.90. The van der Waals surface area contributed by atoms with Crippen LogP contribution in [-0.4, -0.2) is 38.1 Å². The molecule has 0 fully saturated rings. The summed E-state index contributed by atoms with van der Waals surface area (Å²) in [5, 5.41) is 0. The van der Waals surface area contributed by atoms with E-state index in [1.54, 1.807) is 0 Å². The van der Waals surface area contributed by atoms with Crippen LogP contribution in [-0.2, 0) is 19.6 Å². The zero-order valence-electron chi connectivity index (χ0n) is 14.7. The number of ether oxygens (including phenoxy) is 2. The molecule has 134 valence electrons. The second kappa shape index (κ2) is 12.2. The molecule has 0 aliphatic carbocycles. The Hall–Kier alpha value is -0.294. The molecule has 25 heavy (non-hydrogen) atoms. The van der Waals surface area contributed by atoms with Crippen LogP contribution in [0.15, 0.2) is 23.1 Å². The molecule has 0 radical (unpaired) electrons. The van der Waals surface area contributed by atoms with Gasteiger partial charge in [-0.05, 0) is 25.0 Å². The van der Waals surface area contributed by atoms with Crippen LogP contribution in [0.4, 0.5) is 0 Å². The van der Waals surface area contributed by atoms with Crippen molar-refractivity contribution in [3.05, 3.63) is 29.3 Å². The first kappa shape index (κ1) is 24.7. The van der Waals surface area contributed by atoms with Crippen LogP contribution in [0.25, 0.3) is 0 Å². The molecular weight excluding hydrogens is 375 g/mol. The molecule has 0 atom stereocenters. The first-order valence-electron chi connectivity index (χ1n) is 7.76. The maximum Gasteiger partial charge on any atom is 1.00 e. The Bertz CT molecular complexity index is 645. The van der Waals surface area contributed by atoms with Crippen LogP contribution in [0.3, 0.4) is 0 Å². The van der Waals surface area contributed by atoms with Crippen molar-refractivity contribution in [3.63, 3.8) is 0 Å². The van der Waals surface area contributed by atoms with Gasteiger partial charge in [0.1, 0.15) is 10.1 Å². The minimum absolute atomic E-state index is 0. The van der Waals surface area contributed by atoms with E-state index in [1.165, 1.54) is 6.07 Å². The van der Waals surface area contributed by atoms with E-state index in [0.29, 0.717) is 12.8 Å². The number of rotatable bonds is 9. The first-order chi connectivity index (χ1) is 11.3. The van der Waals surface area contributed by atoms with E-state index in [-0.39, 0.29) is 64.6 Å². The SMILES string of the molecule is CCCCOC(=O)c1cccc(C(=O)OCCCC)c1S(=O)(=O)[O-].[K+]. The zero-order chi connectivity index (χ0) is 18.2. The zero-order valence-corrected chi connectivity index (χ0v) is 18.7. The molecule has 0 aromatic heterocycles. The molecule has 7 nitrogen and oxygen atoms in total. The average Bonchev–Trinajstić information content (AvgIpc) is 2.53. The monoisotopic (exact) mass is 396 g/mol. The molecule has 0 heterocycles. The predicted molar refractivity (Wildman–Crippen MR) is 84.8 cm³/mol. The van der Waals surface area contributed by atoms with Crippen molar-refractivity contribution < 1.29 is 83.4 Å². The number of carbonyl (C=O) groups excluding carboxylic acids is 2. The summed E-state index contributed by atoms with van der Waals surface area (Å²) in [6.45, 7) is 3.99. The van der Waals surface area contributed by atoms with E-state index in [0.717, 1.165) is 25.0 Å². The fourth-order valence-corrected chi connectivity index (χ4v) is 2.74. The van der Waals surface area contributed by atoms with E-state index in [2.05, 4.69) is 0 Å². The van der Waals surface area contributed by atoms with Crippen molar-refractivity contribution in [1.29, 1.82) is 0 Å². The quantitative estimate of drug-likeness (QED) is 0.240. The van der Waals surface area contributed by atoms with Gasteiger partial charge in [-0.15, -0.1) is 0 Å². The number of hydrogen-bond acceptors (Lipinski definition) is 7. The second-order valence-corrected chi connectivity index (χ2v) is 6.43. The summed E-state index contributed by atoms with van der Waals surface area (Å²) in [6.07, 6.45) is 2.77. The molecule has 1 rings (SSSR count). The molecule has 1 aromatic carbocycles. The third-order valence-corrected chi connectivity index (χ3v) is 4.11. The van der Waals surface area contributed by atoms with Gasteiger partial charge in [-0.25, -0.2) is 18.0 Å².